The van der Waals surface area contributed by atoms with Gasteiger partial charge in [-0.3, -0.25) is 22.8 Å². The molecule has 37 heteroatoms. The van der Waals surface area contributed by atoms with E-state index in [1.165, 1.54) is 9.44 Å². The van der Waals surface area contributed by atoms with Gasteiger partial charge in [-0.15, -0.1) is 0 Å². The Morgan fingerprint density at radius 1 is 0.582 bits per heavy atom. The molecule has 0 aromatic heterocycles. The fourth-order valence-electron chi connectivity index (χ4n) is 5.26. The van der Waals surface area contributed by atoms with Crippen LogP contribution in [0.25, 0.3) is 0 Å². The van der Waals surface area contributed by atoms with Gasteiger partial charge >= 0.3 is 57.8 Å². The highest BCUT2D eigenvalue weighted by Gasteiger charge is 2.58. The zero-order valence-corrected chi connectivity index (χ0v) is 30.4. The van der Waals surface area contributed by atoms with E-state index in [1.807, 2.05) is 0 Å². The number of hydrogen-bond donors (Lipinski definition) is 13. The summed E-state index contributed by atoms with van der Waals surface area (Å²) in [6, 6.07) is -5.01. The molecule has 3 fully saturated rings. The van der Waals surface area contributed by atoms with Crippen LogP contribution in [0.4, 0.5) is 0 Å². The Bertz CT molecular complexity index is 1910. The molecule has 3 aliphatic rings. The first-order chi connectivity index (χ1) is 24.8. The molecule has 0 aromatic carbocycles. The zero-order valence-electron chi connectivity index (χ0n) is 26.3. The lowest BCUT2D eigenvalue weighted by atomic mass is 9.95. The first-order valence-electron chi connectivity index (χ1n) is 14.1. The van der Waals surface area contributed by atoms with Crippen molar-refractivity contribution in [3.05, 3.63) is 0 Å². The van der Waals surface area contributed by atoms with Crippen molar-refractivity contribution in [3.8, 4) is 0 Å². The van der Waals surface area contributed by atoms with E-state index in [0.29, 0.717) is 0 Å². The molecule has 0 amide bonds. The molecular weight excluding hydrogens is 885 g/mol. The van der Waals surface area contributed by atoms with Gasteiger partial charge in [0.05, 0.1) is 13.2 Å². The van der Waals surface area contributed by atoms with Crippen molar-refractivity contribution >= 4 is 57.8 Å². The summed E-state index contributed by atoms with van der Waals surface area (Å²) in [5.41, 5.74) is 0. The predicted molar refractivity (Wildman–Crippen MR) is 158 cm³/mol. The van der Waals surface area contributed by atoms with Gasteiger partial charge in [0.15, 0.2) is 31.1 Å². The Labute approximate surface area is 308 Å². The van der Waals surface area contributed by atoms with Crippen LogP contribution in [-0.2, 0) is 92.8 Å². The molecule has 3 aliphatic heterocycles. The summed E-state index contributed by atoms with van der Waals surface area (Å²) >= 11 is 0. The van der Waals surface area contributed by atoms with E-state index in [2.05, 4.69) is 12.5 Å². The Hall–Kier alpha value is -1.58. The van der Waals surface area contributed by atoms with Crippen LogP contribution >= 0.6 is 0 Å². The first-order valence-corrected chi connectivity index (χ1v) is 21.0. The molecule has 0 saturated carbocycles. The zero-order chi connectivity index (χ0) is 42.2. The van der Waals surface area contributed by atoms with Gasteiger partial charge in [0.2, 0.25) is 0 Å². The number of aliphatic hydroxyl groups is 5. The molecule has 0 radical (unpaired) electrons. The van der Waals surface area contributed by atoms with Crippen LogP contribution in [0.2, 0.25) is 0 Å². The average Bonchev–Trinajstić information content (AvgIpc) is 2.98. The summed E-state index contributed by atoms with van der Waals surface area (Å²) < 4.78 is 202. The monoisotopic (exact) mass is 916 g/mol. The van der Waals surface area contributed by atoms with Gasteiger partial charge in [0.25, 0.3) is 0 Å². The summed E-state index contributed by atoms with van der Waals surface area (Å²) in [4.78, 5) is 12.4. The first kappa shape index (κ1) is 47.8. The maximum Gasteiger partial charge on any atom is 0.397 e. The molecule has 0 aromatic rings. The summed E-state index contributed by atoms with van der Waals surface area (Å²) in [6.07, 6.45) is -33.9. The molecule has 13 N–H and O–H groups in total. The third-order valence-electron chi connectivity index (χ3n) is 7.31. The van der Waals surface area contributed by atoms with Crippen LogP contribution in [-0.4, -0.2) is 207 Å². The minimum atomic E-state index is -5.83. The van der Waals surface area contributed by atoms with E-state index >= 15 is 0 Å². The van der Waals surface area contributed by atoms with Crippen LogP contribution in [0.3, 0.4) is 0 Å². The van der Waals surface area contributed by atoms with Crippen molar-refractivity contribution in [1.82, 2.24) is 9.44 Å². The highest BCUT2D eigenvalue weighted by molar-refractivity contribution is 7.84. The molecule has 0 aliphatic carbocycles. The number of carboxylic acid groups (broad SMARTS) is 1. The van der Waals surface area contributed by atoms with Crippen LogP contribution in [0.1, 0.15) is 0 Å². The van der Waals surface area contributed by atoms with Crippen LogP contribution in [0, 0.1) is 0 Å². The van der Waals surface area contributed by atoms with Crippen molar-refractivity contribution in [3.63, 3.8) is 0 Å². The summed E-state index contributed by atoms with van der Waals surface area (Å²) in [5, 5.41) is 62.4. The smallest absolute Gasteiger partial charge is 0.397 e. The summed E-state index contributed by atoms with van der Waals surface area (Å²) in [6.45, 7) is -2.80. The number of aliphatic carboxylic acids is 1. The maximum atomic E-state index is 12.4. The van der Waals surface area contributed by atoms with E-state index in [-0.39, 0.29) is 0 Å². The van der Waals surface area contributed by atoms with Crippen molar-refractivity contribution in [2.24, 2.45) is 0 Å². The normalized spacial score (nSPS) is 38.4. The second kappa shape index (κ2) is 17.7. The minimum absolute atomic E-state index is 1.20. The number of ether oxygens (including phenoxy) is 5. The molecule has 324 valence electrons. The van der Waals surface area contributed by atoms with Crippen molar-refractivity contribution in [2.45, 2.75) is 92.0 Å². The molecule has 55 heavy (non-hydrogen) atoms. The number of carbonyl (C=O) groups is 1. The standard InChI is InChI=1S/C18H32N2O30S5/c21-1-3-10(8(23)5(16(27)44-3)19-51(28,29)30)46-18-13(50-55(40,41)42)9(24)12(14(48-18)15(25)26)47-17-6(20-52(31,32)33)11(49-54(37,38)39)7(22)4(45-17)2-43-53(34,35)36/h3-14,16-24,27H,1-2H2,(H,25,26)(H,28,29,30)(H,31,32,33)(H,34,35,36)(H,37,38,39)(H,40,41,42)/t3-,4-,5-,6-,7-,8-,9+,10-,11-,12+,13-,14-,16+,17-,18-/m1/s1. The highest BCUT2D eigenvalue weighted by atomic mass is 32.3. The van der Waals surface area contributed by atoms with Crippen LogP contribution < -0.4 is 9.44 Å². The van der Waals surface area contributed by atoms with Gasteiger partial charge in [-0.05, 0) is 0 Å². The number of carboxylic acids is 1. The fourth-order valence-corrected chi connectivity index (χ4v) is 7.76. The fraction of sp³-hybridized carbons (Fsp3) is 0.944. The Balaban J connectivity index is 2.11. The quantitative estimate of drug-likeness (QED) is 0.0603. The molecule has 3 heterocycles. The van der Waals surface area contributed by atoms with E-state index in [4.69, 9.17) is 32.8 Å². The largest absolute Gasteiger partial charge is 0.479 e. The van der Waals surface area contributed by atoms with Crippen molar-refractivity contribution < 1.29 is 137 Å². The lowest BCUT2D eigenvalue weighted by Gasteiger charge is -2.48. The molecule has 3 rings (SSSR count). The SMILES string of the molecule is O=C(O)[C@@H]1O[C@@H](O[C@H]2[C@H](O)[C@@H](NS(=O)(=O)O)[C@@H](O)O[C@@H]2CO)[C@H](OS(=O)(=O)O)[C@@H](O)[C@@H]1O[C@H]1O[C@H](COS(=O)(=O)O)[C@@H](O)[C@H](OS(=O)(=O)O)[C@H]1NS(=O)(=O)O. The number of hydrogen-bond acceptors (Lipinski definition) is 24. The van der Waals surface area contributed by atoms with Crippen LogP contribution in [0.15, 0.2) is 0 Å². The third-order valence-corrected chi connectivity index (χ3v) is 9.81. The lowest BCUT2D eigenvalue weighted by Crippen LogP contribution is -2.70. The Morgan fingerprint density at radius 2 is 1.09 bits per heavy atom. The van der Waals surface area contributed by atoms with Gasteiger partial charge in [0.1, 0.15) is 60.9 Å². The summed E-state index contributed by atoms with van der Waals surface area (Å²) in [7, 11) is -28.0. The molecule has 32 nitrogen and oxygen atoms in total. The van der Waals surface area contributed by atoms with E-state index in [0.717, 1.165) is 0 Å². The van der Waals surface area contributed by atoms with E-state index in [1.54, 1.807) is 0 Å². The van der Waals surface area contributed by atoms with E-state index < -0.39 is 163 Å². The third kappa shape index (κ3) is 13.8. The predicted octanol–water partition coefficient (Wildman–Crippen LogP) is -9.20. The van der Waals surface area contributed by atoms with Gasteiger partial charge in [-0.25, -0.2) is 17.3 Å². The maximum absolute atomic E-state index is 12.4. The highest BCUT2D eigenvalue weighted by Crippen LogP contribution is 2.35. The topological polar surface area (TPSA) is 508 Å². The minimum Gasteiger partial charge on any atom is -0.479 e. The molecule has 0 spiro atoms. The number of aliphatic hydroxyl groups excluding tert-OH is 5. The van der Waals surface area contributed by atoms with Crippen LogP contribution in [0.5, 0.6) is 0 Å². The van der Waals surface area contributed by atoms with Crippen molar-refractivity contribution in [1.29, 1.82) is 0 Å². The number of nitrogens with one attached hydrogen (secondary N) is 2. The lowest BCUT2D eigenvalue weighted by molar-refractivity contribution is -0.357. The Morgan fingerprint density at radius 3 is 1.56 bits per heavy atom. The second-order valence-corrected chi connectivity index (χ2v) is 16.7. The van der Waals surface area contributed by atoms with Crippen molar-refractivity contribution in [2.75, 3.05) is 13.2 Å². The Kier molecular flexibility index (Phi) is 15.4. The van der Waals surface area contributed by atoms with Gasteiger partial charge < -0.3 is 54.3 Å². The van der Waals surface area contributed by atoms with E-state index in [9.17, 15) is 91.2 Å². The van der Waals surface area contributed by atoms with Gasteiger partial charge in [-0.1, -0.05) is 0 Å². The molecule has 0 bridgehead atoms. The summed E-state index contributed by atoms with van der Waals surface area (Å²) in [5.74, 6) is -2.25. The number of rotatable bonds is 17. The molecule has 3 saturated heterocycles. The van der Waals surface area contributed by atoms with Gasteiger partial charge in [0, 0.05) is 0 Å². The molecule has 15 atom stereocenters. The molecule has 0 unspecified atom stereocenters. The van der Waals surface area contributed by atoms with Gasteiger partial charge in [-0.2, -0.15) is 51.5 Å². The second-order valence-electron chi connectivity index (χ2n) is 11.2. The average molecular weight is 917 g/mol. The molecular formula is C18H32N2O30S5.